The van der Waals surface area contributed by atoms with Gasteiger partial charge < -0.3 is 5.32 Å². The Balaban J connectivity index is 0.000000562. The van der Waals surface area contributed by atoms with Crippen molar-refractivity contribution < 1.29 is 0 Å². The molecule has 1 N–H and O–H groups in total. The lowest BCUT2D eigenvalue weighted by Crippen LogP contribution is -2.39. The Morgan fingerprint density at radius 1 is 1.27 bits per heavy atom. The Kier molecular flexibility index (Phi) is 4.38. The van der Waals surface area contributed by atoms with Gasteiger partial charge in [-0.25, -0.2) is 0 Å². The van der Waals surface area contributed by atoms with E-state index < -0.39 is 0 Å². The molecule has 2 heterocycles. The quantitative estimate of drug-likeness (QED) is 0.760. The maximum atomic E-state index is 4.50. The molecule has 3 rings (SSSR count). The van der Waals surface area contributed by atoms with Gasteiger partial charge in [-0.15, -0.1) is 24.8 Å². The summed E-state index contributed by atoms with van der Waals surface area (Å²) in [5.41, 5.74) is 2.84. The normalized spacial score (nSPS) is 26.9. The van der Waals surface area contributed by atoms with Crippen molar-refractivity contribution >= 4 is 24.8 Å². The number of nitrogens with one attached hydrogen (secondary N) is 1. The minimum Gasteiger partial charge on any atom is -0.316 e. The van der Waals surface area contributed by atoms with Crippen LogP contribution in [0, 0.1) is 5.92 Å². The molecule has 2 bridgehead atoms. The largest absolute Gasteiger partial charge is 0.316 e. The van der Waals surface area contributed by atoms with Gasteiger partial charge in [-0.05, 0) is 36.9 Å². The minimum absolute atomic E-state index is 0. The number of piperidine rings is 1. The Morgan fingerprint density at radius 3 is 3.00 bits per heavy atom. The van der Waals surface area contributed by atoms with E-state index >= 15 is 0 Å². The average Bonchev–Trinajstić information content (AvgIpc) is 2.18. The van der Waals surface area contributed by atoms with Gasteiger partial charge in [-0.3, -0.25) is 4.98 Å². The first-order valence-electron chi connectivity index (χ1n) is 5.08. The fourth-order valence-corrected chi connectivity index (χ4v) is 2.70. The van der Waals surface area contributed by atoms with Gasteiger partial charge in [0.25, 0.3) is 0 Å². The van der Waals surface area contributed by atoms with Gasteiger partial charge in [-0.1, -0.05) is 6.07 Å². The Hall–Kier alpha value is -0.310. The van der Waals surface area contributed by atoms with E-state index in [1.165, 1.54) is 30.6 Å². The van der Waals surface area contributed by atoms with Crippen molar-refractivity contribution in [2.45, 2.75) is 18.8 Å². The molecule has 0 spiro atoms. The second kappa shape index (κ2) is 5.15. The monoisotopic (exact) mass is 246 g/mol. The molecule has 0 aromatic carbocycles. The van der Waals surface area contributed by atoms with Gasteiger partial charge in [0.1, 0.15) is 0 Å². The van der Waals surface area contributed by atoms with Gasteiger partial charge in [0.05, 0.1) is 0 Å². The molecule has 1 saturated heterocycles. The first-order valence-corrected chi connectivity index (χ1v) is 5.08. The molecule has 0 radical (unpaired) electrons. The third-order valence-corrected chi connectivity index (χ3v) is 3.26. The van der Waals surface area contributed by atoms with Crippen LogP contribution in [0.3, 0.4) is 0 Å². The molecule has 2 nitrogen and oxygen atoms in total. The lowest BCUT2D eigenvalue weighted by atomic mass is 9.77. The van der Waals surface area contributed by atoms with Crippen LogP contribution in [0.15, 0.2) is 18.3 Å². The lowest BCUT2D eigenvalue weighted by molar-refractivity contribution is 0.313. The van der Waals surface area contributed by atoms with E-state index in [1.54, 1.807) is 0 Å². The van der Waals surface area contributed by atoms with Crippen LogP contribution in [-0.4, -0.2) is 18.1 Å². The van der Waals surface area contributed by atoms with Crippen LogP contribution < -0.4 is 5.32 Å². The molecule has 1 aromatic heterocycles. The number of rotatable bonds is 0. The Morgan fingerprint density at radius 2 is 2.13 bits per heavy atom. The molecule has 4 heteroatoms. The van der Waals surface area contributed by atoms with Gasteiger partial charge in [-0.2, -0.15) is 0 Å². The van der Waals surface area contributed by atoms with Gasteiger partial charge in [0.15, 0.2) is 0 Å². The van der Waals surface area contributed by atoms with E-state index in [0.717, 1.165) is 12.5 Å². The Labute approximate surface area is 103 Å². The van der Waals surface area contributed by atoms with Gasteiger partial charge in [0, 0.05) is 24.4 Å². The maximum Gasteiger partial charge on any atom is 0.0479 e. The topological polar surface area (TPSA) is 24.9 Å². The molecular weight excluding hydrogens is 231 g/mol. The van der Waals surface area contributed by atoms with Crippen molar-refractivity contribution in [3.63, 3.8) is 0 Å². The van der Waals surface area contributed by atoms with Crippen molar-refractivity contribution in [3.05, 3.63) is 29.6 Å². The molecule has 1 aromatic rings. The van der Waals surface area contributed by atoms with Crippen LogP contribution in [-0.2, 0) is 6.42 Å². The molecule has 1 aliphatic carbocycles. The van der Waals surface area contributed by atoms with Crippen molar-refractivity contribution in [1.82, 2.24) is 10.3 Å². The highest BCUT2D eigenvalue weighted by Crippen LogP contribution is 2.34. The second-order valence-corrected chi connectivity index (χ2v) is 4.21. The van der Waals surface area contributed by atoms with Crippen LogP contribution in [0.25, 0.3) is 0 Å². The maximum absolute atomic E-state index is 4.50. The van der Waals surface area contributed by atoms with Gasteiger partial charge >= 0.3 is 0 Å². The summed E-state index contributed by atoms with van der Waals surface area (Å²) < 4.78 is 0. The number of aromatic nitrogens is 1. The molecule has 2 unspecified atom stereocenters. The van der Waals surface area contributed by atoms with Crippen LogP contribution in [0.2, 0.25) is 0 Å². The summed E-state index contributed by atoms with van der Waals surface area (Å²) in [5, 5.41) is 3.49. The van der Waals surface area contributed by atoms with Crippen molar-refractivity contribution in [3.8, 4) is 0 Å². The summed E-state index contributed by atoms with van der Waals surface area (Å²) in [4.78, 5) is 4.50. The van der Waals surface area contributed by atoms with E-state index in [-0.39, 0.29) is 24.8 Å². The molecular formula is C11H16Cl2N2. The molecule has 2 aliphatic rings. The molecule has 1 fully saturated rings. The number of hydrogen-bond donors (Lipinski definition) is 1. The standard InChI is InChI=1S/C11H14N2.2ClH/c1-2-9-4-8-5-10(7-12-6-8)11(9)13-3-1;;/h1-3,8,10,12H,4-7H2;2*1H. The summed E-state index contributed by atoms with van der Waals surface area (Å²) in [5.74, 6) is 1.54. The highest BCUT2D eigenvalue weighted by molar-refractivity contribution is 5.85. The van der Waals surface area contributed by atoms with E-state index in [1.807, 2.05) is 6.20 Å². The predicted molar refractivity (Wildman–Crippen MR) is 66.2 cm³/mol. The zero-order valence-corrected chi connectivity index (χ0v) is 10.1. The fraction of sp³-hybridized carbons (Fsp3) is 0.545. The third-order valence-electron chi connectivity index (χ3n) is 3.26. The molecule has 2 atom stereocenters. The highest BCUT2D eigenvalue weighted by atomic mass is 35.5. The predicted octanol–water partition coefficient (Wildman–Crippen LogP) is 2.17. The first kappa shape index (κ1) is 12.8. The number of pyridine rings is 1. The third kappa shape index (κ3) is 2.27. The second-order valence-electron chi connectivity index (χ2n) is 4.21. The van der Waals surface area contributed by atoms with Crippen LogP contribution in [0.1, 0.15) is 23.6 Å². The van der Waals surface area contributed by atoms with E-state index in [2.05, 4.69) is 22.4 Å². The van der Waals surface area contributed by atoms with Crippen LogP contribution in [0.4, 0.5) is 0 Å². The van der Waals surface area contributed by atoms with Gasteiger partial charge in [0.2, 0.25) is 0 Å². The summed E-state index contributed by atoms with van der Waals surface area (Å²) in [7, 11) is 0. The van der Waals surface area contributed by atoms with Crippen molar-refractivity contribution in [2.24, 2.45) is 5.92 Å². The smallest absolute Gasteiger partial charge is 0.0479 e. The molecule has 1 aliphatic heterocycles. The molecule has 84 valence electrons. The molecule has 15 heavy (non-hydrogen) atoms. The van der Waals surface area contributed by atoms with Crippen molar-refractivity contribution in [1.29, 1.82) is 0 Å². The number of fused-ring (bicyclic) bond motifs is 4. The zero-order valence-electron chi connectivity index (χ0n) is 8.48. The summed E-state index contributed by atoms with van der Waals surface area (Å²) in [6, 6.07) is 4.31. The molecule has 0 amide bonds. The lowest BCUT2D eigenvalue weighted by Gasteiger charge is -2.35. The van der Waals surface area contributed by atoms with Crippen LogP contribution >= 0.6 is 24.8 Å². The number of nitrogens with zero attached hydrogens (tertiary/aromatic N) is 1. The summed E-state index contributed by atoms with van der Waals surface area (Å²) in [6.45, 7) is 2.32. The van der Waals surface area contributed by atoms with Crippen molar-refractivity contribution in [2.75, 3.05) is 13.1 Å². The zero-order chi connectivity index (χ0) is 8.67. The fourth-order valence-electron chi connectivity index (χ4n) is 2.70. The Bertz CT molecular complexity index is 330. The number of hydrogen-bond acceptors (Lipinski definition) is 2. The summed E-state index contributed by atoms with van der Waals surface area (Å²) >= 11 is 0. The molecule has 0 saturated carbocycles. The summed E-state index contributed by atoms with van der Waals surface area (Å²) in [6.07, 6.45) is 4.50. The first-order chi connectivity index (χ1) is 6.43. The SMILES string of the molecule is Cl.Cl.c1cnc2c(c1)CC1CNCC2C1. The van der Waals surface area contributed by atoms with E-state index in [9.17, 15) is 0 Å². The van der Waals surface area contributed by atoms with E-state index in [0.29, 0.717) is 5.92 Å². The van der Waals surface area contributed by atoms with Crippen LogP contribution in [0.5, 0.6) is 0 Å². The number of halogens is 2. The highest BCUT2D eigenvalue weighted by Gasteiger charge is 2.30. The van der Waals surface area contributed by atoms with E-state index in [4.69, 9.17) is 0 Å². The minimum atomic E-state index is 0. The average molecular weight is 247 g/mol.